The van der Waals surface area contributed by atoms with Crippen molar-refractivity contribution in [1.82, 2.24) is 10.2 Å². The molecule has 17 heavy (non-hydrogen) atoms. The fourth-order valence-corrected chi connectivity index (χ4v) is 3.48. The lowest BCUT2D eigenvalue weighted by Gasteiger charge is -2.50. The van der Waals surface area contributed by atoms with Crippen LogP contribution in [0, 0.1) is 5.92 Å². The molecule has 1 aromatic carbocycles. The highest BCUT2D eigenvalue weighted by Gasteiger charge is 2.39. The molecule has 1 N–H and O–H groups in total. The van der Waals surface area contributed by atoms with Gasteiger partial charge in [0.25, 0.3) is 0 Å². The number of benzene rings is 1. The molecular weight excluding hydrogens is 208 g/mol. The van der Waals surface area contributed by atoms with Gasteiger partial charge in [0.1, 0.15) is 0 Å². The van der Waals surface area contributed by atoms with Gasteiger partial charge in [-0.3, -0.25) is 4.90 Å². The summed E-state index contributed by atoms with van der Waals surface area (Å²) in [6.45, 7) is 6.03. The molecule has 0 amide bonds. The molecule has 2 bridgehead atoms. The van der Waals surface area contributed by atoms with Crippen LogP contribution in [0.25, 0.3) is 0 Å². The van der Waals surface area contributed by atoms with Crippen LogP contribution in [0.4, 0.5) is 0 Å². The van der Waals surface area contributed by atoms with Crippen LogP contribution in [-0.2, 0) is 6.54 Å². The molecule has 2 heteroatoms. The van der Waals surface area contributed by atoms with Gasteiger partial charge in [-0.15, -0.1) is 0 Å². The van der Waals surface area contributed by atoms with E-state index in [-0.39, 0.29) is 0 Å². The molecule has 3 saturated heterocycles. The molecule has 3 aliphatic heterocycles. The number of hydrogen-bond acceptors (Lipinski definition) is 2. The summed E-state index contributed by atoms with van der Waals surface area (Å²) < 4.78 is 0. The van der Waals surface area contributed by atoms with Crippen molar-refractivity contribution in [2.24, 2.45) is 5.92 Å². The van der Waals surface area contributed by atoms with Crippen LogP contribution in [0.5, 0.6) is 0 Å². The topological polar surface area (TPSA) is 15.3 Å². The van der Waals surface area contributed by atoms with E-state index in [0.717, 1.165) is 12.5 Å². The molecule has 1 aromatic rings. The van der Waals surface area contributed by atoms with Gasteiger partial charge in [0, 0.05) is 18.6 Å². The highest BCUT2D eigenvalue weighted by molar-refractivity contribution is 5.14. The molecule has 4 rings (SSSR count). The maximum atomic E-state index is 3.78. The summed E-state index contributed by atoms with van der Waals surface area (Å²) in [5, 5.41) is 3.78. The third-order valence-corrected chi connectivity index (χ3v) is 4.56. The van der Waals surface area contributed by atoms with Gasteiger partial charge in [-0.25, -0.2) is 0 Å². The van der Waals surface area contributed by atoms with Crippen molar-refractivity contribution in [1.29, 1.82) is 0 Å². The smallest absolute Gasteiger partial charge is 0.0253 e. The van der Waals surface area contributed by atoms with Gasteiger partial charge in [-0.05, 0) is 44.3 Å². The maximum Gasteiger partial charge on any atom is 0.0253 e. The predicted octanol–water partition coefficient (Wildman–Crippen LogP) is 2.26. The average molecular weight is 230 g/mol. The minimum absolute atomic E-state index is 0.692. The van der Waals surface area contributed by atoms with Crippen molar-refractivity contribution in [3.8, 4) is 0 Å². The molecule has 2 unspecified atom stereocenters. The Morgan fingerprint density at radius 3 is 2.53 bits per heavy atom. The van der Waals surface area contributed by atoms with Gasteiger partial charge in [-0.1, -0.05) is 30.3 Å². The first kappa shape index (κ1) is 11.2. The molecule has 2 nitrogen and oxygen atoms in total. The molecule has 0 saturated carbocycles. The minimum Gasteiger partial charge on any atom is -0.308 e. The van der Waals surface area contributed by atoms with Crippen molar-refractivity contribution in [2.75, 3.05) is 13.1 Å². The molecule has 2 atom stereocenters. The Morgan fingerprint density at radius 1 is 1.18 bits per heavy atom. The van der Waals surface area contributed by atoms with Gasteiger partial charge in [0.05, 0.1) is 0 Å². The van der Waals surface area contributed by atoms with E-state index in [1.54, 1.807) is 0 Å². The maximum absolute atomic E-state index is 3.78. The highest BCUT2D eigenvalue weighted by Crippen LogP contribution is 2.32. The van der Waals surface area contributed by atoms with Crippen molar-refractivity contribution in [3.05, 3.63) is 35.9 Å². The zero-order valence-corrected chi connectivity index (χ0v) is 10.6. The molecule has 0 radical (unpaired) electrons. The van der Waals surface area contributed by atoms with Crippen molar-refractivity contribution < 1.29 is 0 Å². The van der Waals surface area contributed by atoms with Gasteiger partial charge in [0.15, 0.2) is 0 Å². The Hall–Kier alpha value is -0.860. The quantitative estimate of drug-likeness (QED) is 0.857. The highest BCUT2D eigenvalue weighted by atomic mass is 15.2. The summed E-state index contributed by atoms with van der Waals surface area (Å²) in [7, 11) is 0. The van der Waals surface area contributed by atoms with Gasteiger partial charge in [0.2, 0.25) is 0 Å². The lowest BCUT2D eigenvalue weighted by molar-refractivity contribution is 0.0216. The third kappa shape index (κ3) is 2.24. The number of piperidine rings is 3. The van der Waals surface area contributed by atoms with Crippen LogP contribution in [0.15, 0.2) is 30.3 Å². The number of hydrogen-bond donors (Lipinski definition) is 1. The van der Waals surface area contributed by atoms with E-state index in [1.807, 2.05) is 0 Å². The van der Waals surface area contributed by atoms with Crippen LogP contribution in [0.1, 0.15) is 25.3 Å². The molecule has 92 valence electrons. The number of nitrogens with zero attached hydrogens (tertiary/aromatic N) is 1. The summed E-state index contributed by atoms with van der Waals surface area (Å²) >= 11 is 0. The van der Waals surface area contributed by atoms with Crippen molar-refractivity contribution >= 4 is 0 Å². The SMILES string of the molecule is CC1C(NCc2ccccc2)C2CCN1CC2. The lowest BCUT2D eigenvalue weighted by Crippen LogP contribution is -2.61. The zero-order valence-electron chi connectivity index (χ0n) is 10.6. The van der Waals surface area contributed by atoms with E-state index in [9.17, 15) is 0 Å². The molecule has 0 aromatic heterocycles. The van der Waals surface area contributed by atoms with Crippen LogP contribution in [0.3, 0.4) is 0 Å². The predicted molar refractivity (Wildman–Crippen MR) is 70.8 cm³/mol. The van der Waals surface area contributed by atoms with E-state index < -0.39 is 0 Å². The Labute approximate surface area is 104 Å². The number of rotatable bonds is 3. The Balaban J connectivity index is 1.62. The minimum atomic E-state index is 0.692. The summed E-state index contributed by atoms with van der Waals surface area (Å²) in [5.74, 6) is 0.902. The Morgan fingerprint density at radius 2 is 1.88 bits per heavy atom. The molecule has 3 fully saturated rings. The van der Waals surface area contributed by atoms with E-state index in [1.165, 1.54) is 31.5 Å². The Kier molecular flexibility index (Phi) is 3.17. The van der Waals surface area contributed by atoms with Gasteiger partial charge in [-0.2, -0.15) is 0 Å². The first-order valence-corrected chi connectivity index (χ1v) is 6.86. The molecule has 0 aliphatic carbocycles. The first-order valence-electron chi connectivity index (χ1n) is 6.86. The molecule has 0 spiro atoms. The summed E-state index contributed by atoms with van der Waals surface area (Å²) in [5.41, 5.74) is 1.40. The van der Waals surface area contributed by atoms with Crippen LogP contribution < -0.4 is 5.32 Å². The van der Waals surface area contributed by atoms with Crippen molar-refractivity contribution in [2.45, 2.75) is 38.4 Å². The van der Waals surface area contributed by atoms with E-state index >= 15 is 0 Å². The zero-order chi connectivity index (χ0) is 11.7. The number of fused-ring (bicyclic) bond motifs is 3. The Bertz CT molecular complexity index is 352. The van der Waals surface area contributed by atoms with Crippen LogP contribution >= 0.6 is 0 Å². The average Bonchev–Trinajstić information content (AvgIpc) is 2.40. The number of nitrogens with one attached hydrogen (secondary N) is 1. The van der Waals surface area contributed by atoms with Crippen LogP contribution in [0.2, 0.25) is 0 Å². The molecule has 3 heterocycles. The summed E-state index contributed by atoms with van der Waals surface area (Å²) in [4.78, 5) is 2.64. The van der Waals surface area contributed by atoms with Crippen molar-refractivity contribution in [3.63, 3.8) is 0 Å². The third-order valence-electron chi connectivity index (χ3n) is 4.56. The second-order valence-electron chi connectivity index (χ2n) is 5.51. The van der Waals surface area contributed by atoms with Crippen LogP contribution in [-0.4, -0.2) is 30.1 Å². The second kappa shape index (κ2) is 4.79. The van der Waals surface area contributed by atoms with E-state index in [4.69, 9.17) is 0 Å². The van der Waals surface area contributed by atoms with E-state index in [0.29, 0.717) is 12.1 Å². The van der Waals surface area contributed by atoms with E-state index in [2.05, 4.69) is 47.5 Å². The van der Waals surface area contributed by atoms with Gasteiger partial charge >= 0.3 is 0 Å². The van der Waals surface area contributed by atoms with Gasteiger partial charge < -0.3 is 5.32 Å². The fourth-order valence-electron chi connectivity index (χ4n) is 3.48. The normalized spacial score (nSPS) is 36.1. The first-order chi connectivity index (χ1) is 8.34. The largest absolute Gasteiger partial charge is 0.308 e. The standard InChI is InChI=1S/C15H22N2/c1-12-15(14-7-9-17(12)10-8-14)16-11-13-5-3-2-4-6-13/h2-6,12,14-16H,7-11H2,1H3. The fraction of sp³-hybridized carbons (Fsp3) is 0.600. The monoisotopic (exact) mass is 230 g/mol. The summed E-state index contributed by atoms with van der Waals surface area (Å²) in [6, 6.07) is 12.1. The summed E-state index contributed by atoms with van der Waals surface area (Å²) in [6.07, 6.45) is 2.77. The lowest BCUT2D eigenvalue weighted by atomic mass is 9.79. The molecule has 3 aliphatic rings. The molecular formula is C15H22N2. The second-order valence-corrected chi connectivity index (χ2v) is 5.51.